The van der Waals surface area contributed by atoms with E-state index in [1.54, 1.807) is 41.1 Å². The first-order chi connectivity index (χ1) is 12.6. The van der Waals surface area contributed by atoms with Crippen molar-refractivity contribution in [3.8, 4) is 5.75 Å². The van der Waals surface area contributed by atoms with E-state index in [9.17, 15) is 14.4 Å². The Kier molecular flexibility index (Phi) is 6.46. The van der Waals surface area contributed by atoms with Crippen molar-refractivity contribution < 1.29 is 24.2 Å². The molecule has 1 N–H and O–H groups in total. The highest BCUT2D eigenvalue weighted by atomic mass is 16.5. The minimum atomic E-state index is -1.04. The predicted molar refractivity (Wildman–Crippen MR) is 102 cm³/mol. The molecule has 1 fully saturated rings. The Morgan fingerprint density at radius 1 is 1.22 bits per heavy atom. The highest BCUT2D eigenvalue weighted by Gasteiger charge is 2.34. The number of nitrogens with zero attached hydrogens (tertiary/aromatic N) is 2. The number of hydrogen-bond acceptors (Lipinski definition) is 4. The summed E-state index contributed by atoms with van der Waals surface area (Å²) >= 11 is 0. The van der Waals surface area contributed by atoms with Crippen molar-refractivity contribution >= 4 is 23.5 Å². The first-order valence-electron chi connectivity index (χ1n) is 9.11. The molecule has 1 atom stereocenters. The molecule has 0 saturated carbocycles. The van der Waals surface area contributed by atoms with Crippen molar-refractivity contribution in [1.82, 2.24) is 4.90 Å². The van der Waals surface area contributed by atoms with E-state index in [0.717, 1.165) is 12.8 Å². The van der Waals surface area contributed by atoms with Gasteiger partial charge in [0.15, 0.2) is 6.61 Å². The quantitative estimate of drug-likeness (QED) is 0.853. The van der Waals surface area contributed by atoms with Crippen molar-refractivity contribution in [2.45, 2.75) is 33.6 Å². The number of ether oxygens (including phenoxy) is 1. The molecule has 0 aliphatic carbocycles. The van der Waals surface area contributed by atoms with Gasteiger partial charge in [-0.15, -0.1) is 0 Å². The van der Waals surface area contributed by atoms with Crippen molar-refractivity contribution in [3.63, 3.8) is 0 Å². The van der Waals surface area contributed by atoms with Crippen molar-refractivity contribution in [2.24, 2.45) is 11.3 Å². The Morgan fingerprint density at radius 2 is 1.85 bits per heavy atom. The van der Waals surface area contributed by atoms with Gasteiger partial charge in [0.1, 0.15) is 5.75 Å². The molecule has 1 saturated heterocycles. The Bertz CT molecular complexity index is 693. The summed E-state index contributed by atoms with van der Waals surface area (Å²) in [6.45, 7) is 6.40. The van der Waals surface area contributed by atoms with Crippen LogP contribution in [0.4, 0.5) is 5.69 Å². The largest absolute Gasteiger partial charge is 0.482 e. The van der Waals surface area contributed by atoms with E-state index >= 15 is 0 Å². The van der Waals surface area contributed by atoms with E-state index in [1.165, 1.54) is 0 Å². The molecular weight excluding hydrogens is 348 g/mol. The first-order valence-corrected chi connectivity index (χ1v) is 9.11. The van der Waals surface area contributed by atoms with Gasteiger partial charge in [-0.05, 0) is 37.1 Å². The van der Waals surface area contributed by atoms with E-state index in [-0.39, 0.29) is 17.7 Å². The van der Waals surface area contributed by atoms with Crippen LogP contribution in [0, 0.1) is 11.3 Å². The smallest absolute Gasteiger partial charge is 0.341 e. The molecule has 0 aromatic heterocycles. The minimum absolute atomic E-state index is 0.0272. The van der Waals surface area contributed by atoms with Crippen molar-refractivity contribution in [3.05, 3.63) is 24.3 Å². The molecule has 0 bridgehead atoms. The van der Waals surface area contributed by atoms with E-state index in [0.29, 0.717) is 24.5 Å². The van der Waals surface area contributed by atoms with Crippen LogP contribution in [0.25, 0.3) is 0 Å². The zero-order chi connectivity index (χ0) is 20.2. The topological polar surface area (TPSA) is 87.2 Å². The molecule has 2 amide bonds. The maximum absolute atomic E-state index is 12.9. The number of likely N-dealkylation sites (tertiary alicyclic amines) is 1. The van der Waals surface area contributed by atoms with Crippen LogP contribution in [0.5, 0.6) is 5.75 Å². The second-order valence-corrected chi connectivity index (χ2v) is 7.91. The molecule has 7 heteroatoms. The third-order valence-electron chi connectivity index (χ3n) is 4.62. The van der Waals surface area contributed by atoms with E-state index < -0.39 is 18.0 Å². The Hall–Kier alpha value is -2.57. The number of hydrogen-bond donors (Lipinski definition) is 1. The average molecular weight is 376 g/mol. The van der Waals surface area contributed by atoms with E-state index in [1.807, 2.05) is 20.8 Å². The molecule has 27 heavy (non-hydrogen) atoms. The molecule has 2 rings (SSSR count). The molecule has 1 unspecified atom stereocenters. The summed E-state index contributed by atoms with van der Waals surface area (Å²) < 4.78 is 5.10. The van der Waals surface area contributed by atoms with Gasteiger partial charge in [-0.25, -0.2) is 4.79 Å². The molecule has 0 spiro atoms. The lowest BCUT2D eigenvalue weighted by Crippen LogP contribution is -2.49. The van der Waals surface area contributed by atoms with Gasteiger partial charge in [0.05, 0.1) is 5.92 Å². The summed E-state index contributed by atoms with van der Waals surface area (Å²) in [5.74, 6) is -0.791. The van der Waals surface area contributed by atoms with Gasteiger partial charge in [0, 0.05) is 31.2 Å². The van der Waals surface area contributed by atoms with Gasteiger partial charge in [0.25, 0.3) is 0 Å². The standard InChI is InChI=1S/C20H28N2O5/c1-20(2,3)19(26)22-11-5-6-14(12-22)18(25)21(4)15-7-9-16(10-8-15)27-13-17(23)24/h7-10,14H,5-6,11-13H2,1-4H3,(H,23,24). The zero-order valence-corrected chi connectivity index (χ0v) is 16.4. The summed E-state index contributed by atoms with van der Waals surface area (Å²) in [5, 5.41) is 8.64. The van der Waals surface area contributed by atoms with Crippen LogP contribution in [-0.2, 0) is 14.4 Å². The number of carboxylic acid groups (broad SMARTS) is 1. The fraction of sp³-hybridized carbons (Fsp3) is 0.550. The fourth-order valence-electron chi connectivity index (χ4n) is 3.15. The molecule has 1 aliphatic rings. The van der Waals surface area contributed by atoms with Gasteiger partial charge in [-0.2, -0.15) is 0 Å². The van der Waals surface area contributed by atoms with Gasteiger partial charge < -0.3 is 19.6 Å². The molecule has 1 aliphatic heterocycles. The monoisotopic (exact) mass is 376 g/mol. The molecule has 1 aromatic rings. The molecular formula is C20H28N2O5. The summed E-state index contributed by atoms with van der Waals surface area (Å²) in [6, 6.07) is 6.71. The lowest BCUT2D eigenvalue weighted by Gasteiger charge is -2.37. The fourth-order valence-corrected chi connectivity index (χ4v) is 3.15. The van der Waals surface area contributed by atoms with Crippen LogP contribution in [0.2, 0.25) is 0 Å². The SMILES string of the molecule is CN(C(=O)C1CCCN(C(=O)C(C)(C)C)C1)c1ccc(OCC(=O)O)cc1. The minimum Gasteiger partial charge on any atom is -0.482 e. The van der Waals surface area contributed by atoms with Crippen LogP contribution in [-0.4, -0.2) is 54.5 Å². The van der Waals surface area contributed by atoms with Crippen LogP contribution in [0.15, 0.2) is 24.3 Å². The van der Waals surface area contributed by atoms with Crippen LogP contribution in [0.1, 0.15) is 33.6 Å². The maximum Gasteiger partial charge on any atom is 0.341 e. The lowest BCUT2D eigenvalue weighted by molar-refractivity contribution is -0.142. The van der Waals surface area contributed by atoms with Gasteiger partial charge in [-0.3, -0.25) is 9.59 Å². The Morgan fingerprint density at radius 3 is 2.41 bits per heavy atom. The number of carboxylic acids is 1. The molecule has 1 heterocycles. The molecule has 1 aromatic carbocycles. The highest BCUT2D eigenvalue weighted by Crippen LogP contribution is 2.26. The van der Waals surface area contributed by atoms with Crippen molar-refractivity contribution in [1.29, 1.82) is 0 Å². The van der Waals surface area contributed by atoms with Crippen LogP contribution < -0.4 is 9.64 Å². The molecule has 148 valence electrons. The average Bonchev–Trinajstić information content (AvgIpc) is 2.64. The number of benzene rings is 1. The summed E-state index contributed by atoms with van der Waals surface area (Å²) in [6.07, 6.45) is 1.57. The maximum atomic E-state index is 12.9. The third-order valence-corrected chi connectivity index (χ3v) is 4.62. The van der Waals surface area contributed by atoms with E-state index in [4.69, 9.17) is 9.84 Å². The van der Waals surface area contributed by atoms with Gasteiger partial charge in [0.2, 0.25) is 11.8 Å². The second-order valence-electron chi connectivity index (χ2n) is 7.91. The number of piperidine rings is 1. The lowest BCUT2D eigenvalue weighted by atomic mass is 9.90. The third kappa shape index (κ3) is 5.45. The zero-order valence-electron chi connectivity index (χ0n) is 16.4. The first kappa shape index (κ1) is 20.7. The highest BCUT2D eigenvalue weighted by molar-refractivity contribution is 5.95. The van der Waals surface area contributed by atoms with E-state index in [2.05, 4.69) is 0 Å². The molecule has 0 radical (unpaired) electrons. The van der Waals surface area contributed by atoms with Crippen LogP contribution in [0.3, 0.4) is 0 Å². The van der Waals surface area contributed by atoms with Crippen LogP contribution >= 0.6 is 0 Å². The number of carbonyl (C=O) groups is 3. The summed E-state index contributed by atoms with van der Waals surface area (Å²) in [4.78, 5) is 39.3. The predicted octanol–water partition coefficient (Wildman–Crippen LogP) is 2.40. The summed E-state index contributed by atoms with van der Waals surface area (Å²) in [7, 11) is 1.71. The van der Waals surface area contributed by atoms with Gasteiger partial charge in [-0.1, -0.05) is 20.8 Å². The Balaban J connectivity index is 2.01. The number of rotatable bonds is 5. The molecule has 7 nitrogen and oxygen atoms in total. The number of carbonyl (C=O) groups excluding carboxylic acids is 2. The number of aliphatic carboxylic acids is 1. The normalized spacial score (nSPS) is 17.3. The summed E-state index contributed by atoms with van der Waals surface area (Å²) in [5.41, 5.74) is 0.241. The number of amides is 2. The Labute approximate surface area is 159 Å². The van der Waals surface area contributed by atoms with Gasteiger partial charge >= 0.3 is 5.97 Å². The second kappa shape index (κ2) is 8.41. The number of anilines is 1. The van der Waals surface area contributed by atoms with Crippen molar-refractivity contribution in [2.75, 3.05) is 31.6 Å².